The normalized spacial score (nSPS) is 49.0. The predicted octanol–water partition coefficient (Wildman–Crippen LogP) is 0.149. The number of hydrogen-bond acceptors (Lipinski definition) is 7. The first-order chi connectivity index (χ1) is 10.2. The molecular weight excluding hydrogens is 312 g/mol. The smallest absolute Gasteiger partial charge is 0.333 e. The molecule has 0 radical (unpaired) electrons. The fourth-order valence-corrected chi connectivity index (χ4v) is 6.55. The molecule has 2 saturated carbocycles. The maximum atomic E-state index is 12.1. The minimum atomic E-state index is -3.58. The van der Waals surface area contributed by atoms with Gasteiger partial charge in [-0.3, -0.25) is 4.18 Å². The van der Waals surface area contributed by atoms with Gasteiger partial charge in [-0.1, -0.05) is 6.58 Å². The highest BCUT2D eigenvalue weighted by atomic mass is 32.2. The van der Waals surface area contributed by atoms with Gasteiger partial charge >= 0.3 is 5.97 Å². The van der Waals surface area contributed by atoms with Gasteiger partial charge in [0.15, 0.2) is 0 Å². The zero-order valence-corrected chi connectivity index (χ0v) is 13.2. The fraction of sp³-hybridized carbons (Fsp3) is 0.786. The summed E-state index contributed by atoms with van der Waals surface area (Å²) in [5.41, 5.74) is -1.09. The van der Waals surface area contributed by atoms with E-state index in [0.29, 0.717) is 12.0 Å². The molecule has 1 spiro atoms. The first-order valence-corrected chi connectivity index (χ1v) is 8.77. The van der Waals surface area contributed by atoms with Gasteiger partial charge in [-0.25, -0.2) is 4.79 Å². The van der Waals surface area contributed by atoms with Gasteiger partial charge < -0.3 is 14.2 Å². The molecule has 22 heavy (non-hydrogen) atoms. The Kier molecular flexibility index (Phi) is 2.73. The van der Waals surface area contributed by atoms with Crippen LogP contribution >= 0.6 is 0 Å². The maximum absolute atomic E-state index is 12.1. The summed E-state index contributed by atoms with van der Waals surface area (Å²) in [7, 11) is -3.58. The van der Waals surface area contributed by atoms with Crippen molar-refractivity contribution in [1.29, 1.82) is 0 Å². The largest absolute Gasteiger partial charge is 0.460 e. The SMILES string of the molecule is C=C(C)C(=O)OCCOC1(C)C2OS(=O)(=O)C3CC4OC23[C@H]41. The second-order valence-electron chi connectivity index (χ2n) is 6.63. The number of rotatable bonds is 5. The van der Waals surface area contributed by atoms with Crippen LogP contribution in [0.25, 0.3) is 0 Å². The van der Waals surface area contributed by atoms with Crippen LogP contribution in [0.5, 0.6) is 0 Å². The topological polar surface area (TPSA) is 88.1 Å². The molecule has 6 atom stereocenters. The molecule has 3 saturated heterocycles. The van der Waals surface area contributed by atoms with Crippen molar-refractivity contribution in [3.63, 3.8) is 0 Å². The summed E-state index contributed by atoms with van der Waals surface area (Å²) in [6.45, 7) is 7.19. The lowest BCUT2D eigenvalue weighted by Gasteiger charge is -2.67. The van der Waals surface area contributed by atoms with Crippen LogP contribution in [0.1, 0.15) is 20.3 Å². The van der Waals surface area contributed by atoms with Gasteiger partial charge in [0.05, 0.1) is 12.7 Å². The summed E-state index contributed by atoms with van der Waals surface area (Å²) in [5, 5.41) is -0.557. The van der Waals surface area contributed by atoms with Crippen LogP contribution in [0.4, 0.5) is 0 Å². The minimum absolute atomic E-state index is 0.0316. The van der Waals surface area contributed by atoms with Crippen molar-refractivity contribution >= 4 is 16.1 Å². The van der Waals surface area contributed by atoms with Crippen LogP contribution in [-0.4, -0.2) is 56.3 Å². The van der Waals surface area contributed by atoms with Crippen molar-refractivity contribution in [2.24, 2.45) is 5.92 Å². The Hall–Kier alpha value is -0.960. The van der Waals surface area contributed by atoms with E-state index < -0.39 is 38.6 Å². The summed E-state index contributed by atoms with van der Waals surface area (Å²) < 4.78 is 46.0. The van der Waals surface area contributed by atoms with Crippen molar-refractivity contribution in [2.75, 3.05) is 13.2 Å². The zero-order chi connectivity index (χ0) is 15.9. The molecule has 5 unspecified atom stereocenters. The lowest BCUT2D eigenvalue weighted by molar-refractivity contribution is -0.397. The third-order valence-electron chi connectivity index (χ3n) is 5.37. The summed E-state index contributed by atoms with van der Waals surface area (Å²) >= 11 is 0. The fourth-order valence-electron chi connectivity index (χ4n) is 4.60. The third kappa shape index (κ3) is 1.46. The Morgan fingerprint density at radius 3 is 2.82 bits per heavy atom. The monoisotopic (exact) mass is 330 g/mol. The molecular formula is C14H18O7S. The van der Waals surface area contributed by atoms with Gasteiger partial charge in [0.2, 0.25) is 0 Å². The molecule has 0 N–H and O–H groups in total. The van der Waals surface area contributed by atoms with Crippen LogP contribution < -0.4 is 0 Å². The van der Waals surface area contributed by atoms with Crippen LogP contribution in [0.3, 0.4) is 0 Å². The standard InChI is InChI=1S/C14H18O7S/c1-7(2)11(15)18-4-5-19-13(3)10-8-6-9-14(10,20-8)12(13)21-22(9,16)17/h8-10,12H,1,4-6H2,2-3H3/t8?,9?,10-,12?,13?,14?/m1/s1. The van der Waals surface area contributed by atoms with E-state index in [4.69, 9.17) is 18.4 Å². The highest BCUT2D eigenvalue weighted by molar-refractivity contribution is 7.87. The van der Waals surface area contributed by atoms with Crippen LogP contribution in [0.15, 0.2) is 12.2 Å². The molecule has 5 aliphatic rings. The molecule has 2 aliphatic carbocycles. The molecule has 2 bridgehead atoms. The zero-order valence-electron chi connectivity index (χ0n) is 12.4. The van der Waals surface area contributed by atoms with Crippen molar-refractivity contribution in [3.8, 4) is 0 Å². The number of hydrogen-bond donors (Lipinski definition) is 0. The molecule has 3 heterocycles. The van der Waals surface area contributed by atoms with E-state index in [0.717, 1.165) is 0 Å². The second-order valence-corrected chi connectivity index (χ2v) is 8.38. The number of ether oxygens (including phenoxy) is 3. The number of carbonyl (C=O) groups excluding carboxylic acids is 1. The van der Waals surface area contributed by atoms with Crippen LogP contribution in [0, 0.1) is 5.92 Å². The lowest BCUT2D eigenvalue weighted by atomic mass is 9.53. The van der Waals surface area contributed by atoms with Gasteiger partial charge in [-0.05, 0) is 20.3 Å². The average molecular weight is 330 g/mol. The van der Waals surface area contributed by atoms with E-state index in [1.54, 1.807) is 6.92 Å². The molecule has 0 aromatic heterocycles. The van der Waals surface area contributed by atoms with Gasteiger partial charge in [-0.2, -0.15) is 8.42 Å². The first-order valence-electron chi connectivity index (χ1n) is 7.30. The molecule has 5 fully saturated rings. The Morgan fingerprint density at radius 2 is 2.14 bits per heavy atom. The minimum Gasteiger partial charge on any atom is -0.460 e. The highest BCUT2D eigenvalue weighted by Gasteiger charge is 2.92. The van der Waals surface area contributed by atoms with E-state index in [-0.39, 0.29) is 25.2 Å². The summed E-state index contributed by atoms with van der Waals surface area (Å²) in [5.74, 6) is -0.435. The van der Waals surface area contributed by atoms with E-state index in [9.17, 15) is 13.2 Å². The Morgan fingerprint density at radius 1 is 1.41 bits per heavy atom. The van der Waals surface area contributed by atoms with Gasteiger partial charge in [0.25, 0.3) is 10.1 Å². The van der Waals surface area contributed by atoms with Crippen molar-refractivity contribution in [3.05, 3.63) is 12.2 Å². The lowest BCUT2D eigenvalue weighted by Crippen LogP contribution is -2.84. The molecule has 0 aromatic carbocycles. The maximum Gasteiger partial charge on any atom is 0.333 e. The quantitative estimate of drug-likeness (QED) is 0.307. The van der Waals surface area contributed by atoms with Crippen LogP contribution in [-0.2, 0) is 33.3 Å². The summed E-state index contributed by atoms with van der Waals surface area (Å²) in [6.07, 6.45) is -0.203. The Labute approximate surface area is 128 Å². The third-order valence-corrected chi connectivity index (χ3v) is 7.09. The number of esters is 1. The molecule has 122 valence electrons. The van der Waals surface area contributed by atoms with Crippen molar-refractivity contribution in [2.45, 2.75) is 48.9 Å². The van der Waals surface area contributed by atoms with Crippen molar-refractivity contribution < 1.29 is 31.6 Å². The van der Waals surface area contributed by atoms with E-state index in [1.165, 1.54) is 0 Å². The molecule has 0 amide bonds. The first kappa shape index (κ1) is 14.6. The molecule has 5 rings (SSSR count). The molecule has 3 aliphatic heterocycles. The van der Waals surface area contributed by atoms with E-state index in [1.807, 2.05) is 6.92 Å². The van der Waals surface area contributed by atoms with Gasteiger partial charge in [0, 0.05) is 11.5 Å². The Bertz CT molecular complexity index is 671. The van der Waals surface area contributed by atoms with E-state index >= 15 is 0 Å². The molecule has 8 heteroatoms. The average Bonchev–Trinajstić information content (AvgIpc) is 3.00. The van der Waals surface area contributed by atoms with E-state index in [2.05, 4.69) is 6.58 Å². The molecule has 0 aromatic rings. The van der Waals surface area contributed by atoms with Gasteiger partial charge in [0.1, 0.15) is 29.2 Å². The number of carbonyl (C=O) groups is 1. The second kappa shape index (κ2) is 4.11. The van der Waals surface area contributed by atoms with Gasteiger partial charge in [-0.15, -0.1) is 0 Å². The summed E-state index contributed by atoms with van der Waals surface area (Å²) in [4.78, 5) is 11.3. The van der Waals surface area contributed by atoms with Crippen LogP contribution in [0.2, 0.25) is 0 Å². The molecule has 7 nitrogen and oxygen atoms in total. The predicted molar refractivity (Wildman–Crippen MR) is 73.4 cm³/mol. The summed E-state index contributed by atoms with van der Waals surface area (Å²) in [6, 6.07) is 0. The Balaban J connectivity index is 1.42. The van der Waals surface area contributed by atoms with Crippen molar-refractivity contribution in [1.82, 2.24) is 0 Å². The highest BCUT2D eigenvalue weighted by Crippen LogP contribution is 2.74.